The summed E-state index contributed by atoms with van der Waals surface area (Å²) in [6.45, 7) is 7.94. The van der Waals surface area contributed by atoms with Gasteiger partial charge in [0, 0.05) is 0 Å². The van der Waals surface area contributed by atoms with Crippen LogP contribution in [0.4, 0.5) is 0 Å². The molecule has 14 heavy (non-hydrogen) atoms. The second kappa shape index (κ2) is 8.30. The highest BCUT2D eigenvalue weighted by Gasteiger charge is 2.05. The van der Waals surface area contributed by atoms with E-state index >= 15 is 0 Å². The van der Waals surface area contributed by atoms with Gasteiger partial charge in [-0.1, -0.05) is 38.2 Å². The lowest BCUT2D eigenvalue weighted by molar-refractivity contribution is -0.138. The van der Waals surface area contributed by atoms with Gasteiger partial charge in [-0.2, -0.15) is 0 Å². The van der Waals surface area contributed by atoms with Gasteiger partial charge in [0.1, 0.15) is 0 Å². The first-order valence-corrected chi connectivity index (χ1v) is 4.88. The maximum Gasteiger partial charge on any atom is 0.338 e. The second-order valence-electron chi connectivity index (χ2n) is 2.85. The van der Waals surface area contributed by atoms with Gasteiger partial charge in [-0.25, -0.2) is 4.79 Å². The molecule has 0 rings (SSSR count). The van der Waals surface area contributed by atoms with Gasteiger partial charge in [0.05, 0.1) is 12.2 Å². The summed E-state index contributed by atoms with van der Waals surface area (Å²) >= 11 is 0. The first-order chi connectivity index (χ1) is 6.76. The van der Waals surface area contributed by atoms with Gasteiger partial charge in [0.2, 0.25) is 0 Å². The largest absolute Gasteiger partial charge is 0.462 e. The Morgan fingerprint density at radius 1 is 1.50 bits per heavy atom. The van der Waals surface area contributed by atoms with Crippen molar-refractivity contribution in [2.75, 3.05) is 6.61 Å². The van der Waals surface area contributed by atoms with Crippen LogP contribution in [0.1, 0.15) is 26.7 Å². The van der Waals surface area contributed by atoms with Crippen molar-refractivity contribution in [2.45, 2.75) is 26.7 Å². The molecule has 0 bridgehead atoms. The van der Waals surface area contributed by atoms with E-state index in [1.165, 1.54) is 0 Å². The van der Waals surface area contributed by atoms with Crippen molar-refractivity contribution in [1.82, 2.24) is 0 Å². The Bertz CT molecular complexity index is 237. The van der Waals surface area contributed by atoms with Crippen molar-refractivity contribution in [3.05, 3.63) is 36.5 Å². The number of ether oxygens (including phenoxy) is 1. The van der Waals surface area contributed by atoms with Crippen LogP contribution in [0, 0.1) is 0 Å². The summed E-state index contributed by atoms with van der Waals surface area (Å²) in [6.07, 6.45) is 8.68. The number of allylic oxidation sites excluding steroid dienone is 3. The lowest BCUT2D eigenvalue weighted by Gasteiger charge is -2.03. The quantitative estimate of drug-likeness (QED) is 0.281. The molecule has 0 unspecified atom stereocenters. The number of esters is 1. The van der Waals surface area contributed by atoms with Crippen molar-refractivity contribution in [3.8, 4) is 0 Å². The molecule has 2 nitrogen and oxygen atoms in total. The number of hydrogen-bond donors (Lipinski definition) is 0. The van der Waals surface area contributed by atoms with E-state index in [1.807, 2.05) is 6.92 Å². The highest BCUT2D eigenvalue weighted by molar-refractivity contribution is 5.91. The Kier molecular flexibility index (Phi) is 7.52. The molecule has 0 aliphatic carbocycles. The monoisotopic (exact) mass is 194 g/mol. The van der Waals surface area contributed by atoms with Gasteiger partial charge in [0.25, 0.3) is 0 Å². The molecule has 0 aromatic carbocycles. The molecule has 0 radical (unpaired) electrons. The molecule has 0 saturated carbocycles. The van der Waals surface area contributed by atoms with Crippen LogP contribution in [-0.2, 0) is 9.53 Å². The lowest BCUT2D eigenvalue weighted by Crippen LogP contribution is -2.07. The Morgan fingerprint density at radius 3 is 2.71 bits per heavy atom. The summed E-state index contributed by atoms with van der Waals surface area (Å²) in [5, 5.41) is 0. The summed E-state index contributed by atoms with van der Waals surface area (Å²) in [5.74, 6) is -0.281. The van der Waals surface area contributed by atoms with Crippen molar-refractivity contribution in [1.29, 1.82) is 0 Å². The standard InChI is InChI=1S/C12H18O2/c1-4-7-10-14-12(13)11(8-5-2)9-6-3/h5-6,8-9H,2,4,7,10H2,1,3H3/b9-6-,11-8+. The molecule has 0 amide bonds. The van der Waals surface area contributed by atoms with Crippen molar-refractivity contribution >= 4 is 5.97 Å². The fourth-order valence-corrected chi connectivity index (χ4v) is 0.891. The van der Waals surface area contributed by atoms with E-state index in [4.69, 9.17) is 4.74 Å². The van der Waals surface area contributed by atoms with E-state index in [0.29, 0.717) is 12.2 Å². The van der Waals surface area contributed by atoms with Crippen LogP contribution in [-0.4, -0.2) is 12.6 Å². The van der Waals surface area contributed by atoms with Crippen LogP contribution in [0.25, 0.3) is 0 Å². The third-order valence-corrected chi connectivity index (χ3v) is 1.61. The Labute approximate surface area is 86.0 Å². The van der Waals surface area contributed by atoms with Crippen LogP contribution in [0.2, 0.25) is 0 Å². The highest BCUT2D eigenvalue weighted by Crippen LogP contribution is 2.02. The Balaban J connectivity index is 4.16. The molecule has 78 valence electrons. The van der Waals surface area contributed by atoms with Gasteiger partial charge < -0.3 is 4.74 Å². The molecular weight excluding hydrogens is 176 g/mol. The third kappa shape index (κ3) is 5.36. The molecule has 0 aromatic rings. The molecule has 0 aliphatic heterocycles. The van der Waals surface area contributed by atoms with Crippen LogP contribution in [0.3, 0.4) is 0 Å². The molecule has 0 spiro atoms. The van der Waals surface area contributed by atoms with Crippen molar-refractivity contribution < 1.29 is 9.53 Å². The third-order valence-electron chi connectivity index (χ3n) is 1.61. The van der Waals surface area contributed by atoms with Gasteiger partial charge in [-0.15, -0.1) is 0 Å². The van der Waals surface area contributed by atoms with E-state index in [9.17, 15) is 4.79 Å². The maximum absolute atomic E-state index is 11.4. The zero-order chi connectivity index (χ0) is 10.8. The van der Waals surface area contributed by atoms with Gasteiger partial charge in [-0.05, 0) is 19.4 Å². The van der Waals surface area contributed by atoms with E-state index in [0.717, 1.165) is 12.8 Å². The minimum absolute atomic E-state index is 0.281. The number of unbranched alkanes of at least 4 members (excludes halogenated alkanes) is 1. The highest BCUT2D eigenvalue weighted by atomic mass is 16.5. The lowest BCUT2D eigenvalue weighted by atomic mass is 10.2. The molecular formula is C12H18O2. The van der Waals surface area contributed by atoms with Crippen molar-refractivity contribution in [3.63, 3.8) is 0 Å². The van der Waals surface area contributed by atoms with Crippen LogP contribution in [0.5, 0.6) is 0 Å². The first kappa shape index (κ1) is 12.7. The van der Waals surface area contributed by atoms with Gasteiger partial charge in [0.15, 0.2) is 0 Å². The van der Waals surface area contributed by atoms with Crippen LogP contribution < -0.4 is 0 Å². The zero-order valence-electron chi connectivity index (χ0n) is 8.95. The van der Waals surface area contributed by atoms with E-state index in [1.54, 1.807) is 24.3 Å². The number of rotatable bonds is 6. The number of hydrogen-bond acceptors (Lipinski definition) is 2. The van der Waals surface area contributed by atoms with E-state index < -0.39 is 0 Å². The van der Waals surface area contributed by atoms with E-state index in [2.05, 4.69) is 13.5 Å². The molecule has 0 heterocycles. The molecule has 0 atom stereocenters. The smallest absolute Gasteiger partial charge is 0.338 e. The fourth-order valence-electron chi connectivity index (χ4n) is 0.891. The van der Waals surface area contributed by atoms with Crippen molar-refractivity contribution in [2.24, 2.45) is 0 Å². The molecule has 0 aromatic heterocycles. The predicted molar refractivity (Wildman–Crippen MR) is 59.0 cm³/mol. The Morgan fingerprint density at radius 2 is 2.21 bits per heavy atom. The fraction of sp³-hybridized carbons (Fsp3) is 0.417. The average molecular weight is 194 g/mol. The normalized spacial score (nSPS) is 11.7. The minimum atomic E-state index is -0.281. The zero-order valence-corrected chi connectivity index (χ0v) is 8.95. The topological polar surface area (TPSA) is 26.3 Å². The summed E-state index contributed by atoms with van der Waals surface area (Å²) < 4.78 is 5.04. The Hall–Kier alpha value is -1.31. The number of carbonyl (C=O) groups is 1. The number of carbonyl (C=O) groups excluding carboxylic acids is 1. The summed E-state index contributed by atoms with van der Waals surface area (Å²) in [5.41, 5.74) is 0.540. The minimum Gasteiger partial charge on any atom is -0.462 e. The van der Waals surface area contributed by atoms with Gasteiger partial charge >= 0.3 is 5.97 Å². The predicted octanol–water partition coefficient (Wildman–Crippen LogP) is 3.02. The van der Waals surface area contributed by atoms with E-state index in [-0.39, 0.29) is 5.97 Å². The molecule has 0 N–H and O–H groups in total. The van der Waals surface area contributed by atoms with Gasteiger partial charge in [-0.3, -0.25) is 0 Å². The van der Waals surface area contributed by atoms with Crippen LogP contribution in [0.15, 0.2) is 36.5 Å². The maximum atomic E-state index is 11.4. The molecule has 0 fully saturated rings. The summed E-state index contributed by atoms with van der Waals surface area (Å²) in [6, 6.07) is 0. The summed E-state index contributed by atoms with van der Waals surface area (Å²) in [4.78, 5) is 11.4. The second-order valence-corrected chi connectivity index (χ2v) is 2.85. The SMILES string of the molecule is C=C/C=C(\C=C/C)C(=O)OCCCC. The molecule has 0 aliphatic rings. The molecule has 2 heteroatoms. The average Bonchev–Trinajstić information content (AvgIpc) is 2.18. The molecule has 0 saturated heterocycles. The summed E-state index contributed by atoms with van der Waals surface area (Å²) in [7, 11) is 0. The first-order valence-electron chi connectivity index (χ1n) is 4.88. The van der Waals surface area contributed by atoms with Crippen LogP contribution >= 0.6 is 0 Å².